The van der Waals surface area contributed by atoms with Crippen LogP contribution in [0, 0.1) is 0 Å². The van der Waals surface area contributed by atoms with Crippen LogP contribution in [0.5, 0.6) is 0 Å². The average molecular weight is 245 g/mol. The van der Waals surface area contributed by atoms with Crippen LogP contribution in [-0.2, 0) is 4.79 Å². The monoisotopic (exact) mass is 245 g/mol. The highest BCUT2D eigenvalue weighted by molar-refractivity contribution is 7.98. The summed E-state index contributed by atoms with van der Waals surface area (Å²) in [6.07, 6.45) is 3.88. The molecule has 0 bridgehead atoms. The summed E-state index contributed by atoms with van der Waals surface area (Å²) in [7, 11) is 4.12. The van der Waals surface area contributed by atoms with Gasteiger partial charge in [-0.3, -0.25) is 4.79 Å². The first-order valence-electron chi connectivity index (χ1n) is 5.76. The number of likely N-dealkylation sites (tertiary alicyclic amines) is 1. The summed E-state index contributed by atoms with van der Waals surface area (Å²) in [4.78, 5) is 16.1. The van der Waals surface area contributed by atoms with E-state index in [4.69, 9.17) is 5.73 Å². The predicted molar refractivity (Wildman–Crippen MR) is 69.6 cm³/mol. The van der Waals surface area contributed by atoms with Gasteiger partial charge in [0.25, 0.3) is 0 Å². The second-order valence-electron chi connectivity index (χ2n) is 4.58. The smallest absolute Gasteiger partial charge is 0.239 e. The number of carbonyl (C=O) groups excluding carboxylic acids is 1. The molecule has 0 aromatic heterocycles. The van der Waals surface area contributed by atoms with E-state index in [1.54, 1.807) is 11.8 Å². The standard InChI is InChI=1S/C11H23N3OS/c1-13(2)9-4-6-14(8-9)11(15)10(12)5-7-16-3/h9-10H,4-8,12H2,1-3H3/t9?,10-/m0/s1. The minimum atomic E-state index is -0.312. The molecule has 1 aliphatic heterocycles. The molecule has 1 aliphatic rings. The third-order valence-electron chi connectivity index (χ3n) is 3.16. The average Bonchev–Trinajstić information content (AvgIpc) is 2.74. The normalized spacial score (nSPS) is 22.8. The highest BCUT2D eigenvalue weighted by atomic mass is 32.2. The van der Waals surface area contributed by atoms with E-state index in [0.717, 1.165) is 31.7 Å². The number of likely N-dealkylation sites (N-methyl/N-ethyl adjacent to an activating group) is 1. The van der Waals surface area contributed by atoms with Crippen LogP contribution in [0.3, 0.4) is 0 Å². The zero-order valence-corrected chi connectivity index (χ0v) is 11.3. The summed E-state index contributed by atoms with van der Waals surface area (Å²) in [6, 6.07) is 0.185. The molecule has 94 valence electrons. The third-order valence-corrected chi connectivity index (χ3v) is 3.80. The van der Waals surface area contributed by atoms with Gasteiger partial charge in [-0.1, -0.05) is 0 Å². The lowest BCUT2D eigenvalue weighted by Crippen LogP contribution is -2.44. The number of thioether (sulfide) groups is 1. The van der Waals surface area contributed by atoms with Gasteiger partial charge in [-0.25, -0.2) is 0 Å². The number of hydrogen-bond donors (Lipinski definition) is 1. The van der Waals surface area contributed by atoms with E-state index in [1.165, 1.54) is 0 Å². The molecule has 2 N–H and O–H groups in total. The Morgan fingerprint density at radius 2 is 2.31 bits per heavy atom. The predicted octanol–water partition coefficient (Wildman–Crippen LogP) is 0.229. The summed E-state index contributed by atoms with van der Waals surface area (Å²) in [5.41, 5.74) is 5.89. The van der Waals surface area contributed by atoms with Crippen molar-refractivity contribution in [1.82, 2.24) is 9.80 Å². The Morgan fingerprint density at radius 3 is 2.81 bits per heavy atom. The molecule has 1 heterocycles. The van der Waals surface area contributed by atoms with Gasteiger partial charge in [-0.2, -0.15) is 11.8 Å². The maximum absolute atomic E-state index is 12.0. The number of carbonyl (C=O) groups is 1. The molecule has 1 unspecified atom stereocenters. The van der Waals surface area contributed by atoms with Gasteiger partial charge in [0, 0.05) is 19.1 Å². The lowest BCUT2D eigenvalue weighted by molar-refractivity contribution is -0.131. The van der Waals surface area contributed by atoms with Crippen molar-refractivity contribution in [1.29, 1.82) is 0 Å². The molecular weight excluding hydrogens is 222 g/mol. The molecule has 16 heavy (non-hydrogen) atoms. The van der Waals surface area contributed by atoms with Gasteiger partial charge in [0.1, 0.15) is 0 Å². The van der Waals surface area contributed by atoms with E-state index in [2.05, 4.69) is 19.0 Å². The van der Waals surface area contributed by atoms with Crippen molar-refractivity contribution in [3.63, 3.8) is 0 Å². The lowest BCUT2D eigenvalue weighted by atomic mass is 10.2. The van der Waals surface area contributed by atoms with Crippen LogP contribution < -0.4 is 5.73 Å². The molecule has 1 fully saturated rings. The molecule has 1 rings (SSSR count). The molecule has 4 nitrogen and oxygen atoms in total. The van der Waals surface area contributed by atoms with Gasteiger partial charge >= 0.3 is 0 Å². The van der Waals surface area contributed by atoms with E-state index in [0.29, 0.717) is 6.04 Å². The molecule has 0 saturated carbocycles. The van der Waals surface area contributed by atoms with Crippen LogP contribution >= 0.6 is 11.8 Å². The Kier molecular flexibility index (Phi) is 5.58. The van der Waals surface area contributed by atoms with Crippen LogP contribution in [0.15, 0.2) is 0 Å². The number of amides is 1. The van der Waals surface area contributed by atoms with E-state index in [1.807, 2.05) is 11.2 Å². The second-order valence-corrected chi connectivity index (χ2v) is 5.56. The summed E-state index contributed by atoms with van der Waals surface area (Å²) in [5.74, 6) is 1.08. The summed E-state index contributed by atoms with van der Waals surface area (Å²) >= 11 is 1.74. The number of hydrogen-bond acceptors (Lipinski definition) is 4. The molecule has 0 spiro atoms. The van der Waals surface area contributed by atoms with Crippen LogP contribution in [0.25, 0.3) is 0 Å². The van der Waals surface area contributed by atoms with E-state index >= 15 is 0 Å². The summed E-state index contributed by atoms with van der Waals surface area (Å²) in [6.45, 7) is 1.69. The Labute approximate surface area is 103 Å². The minimum absolute atomic E-state index is 0.124. The first-order chi connectivity index (χ1) is 7.56. The fourth-order valence-corrected chi connectivity index (χ4v) is 2.46. The fraction of sp³-hybridized carbons (Fsp3) is 0.909. The van der Waals surface area contributed by atoms with Gasteiger partial charge in [-0.15, -0.1) is 0 Å². The van der Waals surface area contributed by atoms with Crippen molar-refractivity contribution in [3.8, 4) is 0 Å². The lowest BCUT2D eigenvalue weighted by Gasteiger charge is -2.22. The largest absolute Gasteiger partial charge is 0.340 e. The van der Waals surface area contributed by atoms with Crippen molar-refractivity contribution in [2.24, 2.45) is 5.73 Å². The molecule has 5 heteroatoms. The van der Waals surface area contributed by atoms with Crippen molar-refractivity contribution < 1.29 is 4.79 Å². The first-order valence-corrected chi connectivity index (χ1v) is 7.15. The van der Waals surface area contributed by atoms with Gasteiger partial charge in [0.05, 0.1) is 6.04 Å². The number of nitrogens with zero attached hydrogens (tertiary/aromatic N) is 2. The first kappa shape index (κ1) is 13.8. The van der Waals surface area contributed by atoms with Crippen LogP contribution in [0.1, 0.15) is 12.8 Å². The molecular formula is C11H23N3OS. The second kappa shape index (κ2) is 6.47. The Morgan fingerprint density at radius 1 is 1.62 bits per heavy atom. The molecule has 1 saturated heterocycles. The summed E-state index contributed by atoms with van der Waals surface area (Å²) in [5, 5.41) is 0. The van der Waals surface area contributed by atoms with Gasteiger partial charge in [-0.05, 0) is 38.9 Å². The topological polar surface area (TPSA) is 49.6 Å². The van der Waals surface area contributed by atoms with E-state index in [-0.39, 0.29) is 11.9 Å². The zero-order chi connectivity index (χ0) is 12.1. The number of nitrogens with two attached hydrogens (primary N) is 1. The highest BCUT2D eigenvalue weighted by Gasteiger charge is 2.29. The maximum Gasteiger partial charge on any atom is 0.239 e. The number of rotatable bonds is 5. The molecule has 0 aliphatic carbocycles. The Balaban J connectivity index is 2.38. The minimum Gasteiger partial charge on any atom is -0.340 e. The fourth-order valence-electron chi connectivity index (χ4n) is 1.97. The van der Waals surface area contributed by atoms with Gasteiger partial charge < -0.3 is 15.5 Å². The van der Waals surface area contributed by atoms with Crippen molar-refractivity contribution in [2.75, 3.05) is 39.2 Å². The van der Waals surface area contributed by atoms with Crippen LogP contribution in [0.2, 0.25) is 0 Å². The molecule has 0 aromatic rings. The molecule has 2 atom stereocenters. The highest BCUT2D eigenvalue weighted by Crippen LogP contribution is 2.14. The van der Waals surface area contributed by atoms with Crippen molar-refractivity contribution >= 4 is 17.7 Å². The Hall–Kier alpha value is -0.260. The quantitative estimate of drug-likeness (QED) is 0.753. The van der Waals surface area contributed by atoms with Crippen molar-refractivity contribution in [3.05, 3.63) is 0 Å². The van der Waals surface area contributed by atoms with Gasteiger partial charge in [0.15, 0.2) is 0 Å². The van der Waals surface area contributed by atoms with Gasteiger partial charge in [0.2, 0.25) is 5.91 Å². The third kappa shape index (κ3) is 3.64. The molecule has 0 aromatic carbocycles. The maximum atomic E-state index is 12.0. The van der Waals surface area contributed by atoms with Crippen LogP contribution in [0.4, 0.5) is 0 Å². The molecule has 0 radical (unpaired) electrons. The zero-order valence-electron chi connectivity index (χ0n) is 10.5. The van der Waals surface area contributed by atoms with E-state index < -0.39 is 0 Å². The summed E-state index contributed by atoms with van der Waals surface area (Å²) < 4.78 is 0. The Bertz CT molecular complexity index is 235. The van der Waals surface area contributed by atoms with Crippen LogP contribution in [-0.4, -0.2) is 67.0 Å². The van der Waals surface area contributed by atoms with Crippen molar-refractivity contribution in [2.45, 2.75) is 24.9 Å². The molecule has 1 amide bonds. The SMILES string of the molecule is CSCC[C@H](N)C(=O)N1CCC(N(C)C)C1. The van der Waals surface area contributed by atoms with E-state index in [9.17, 15) is 4.79 Å².